The van der Waals surface area contributed by atoms with Crippen molar-refractivity contribution in [2.75, 3.05) is 39.9 Å². The monoisotopic (exact) mass is 456 g/mol. The van der Waals surface area contributed by atoms with Gasteiger partial charge in [0.1, 0.15) is 6.04 Å². The predicted octanol–water partition coefficient (Wildman–Crippen LogP) is -1.24. The fourth-order valence-corrected chi connectivity index (χ4v) is 2.72. The number of imide groups is 1. The Kier molecular flexibility index (Phi) is 11.5. The Morgan fingerprint density at radius 2 is 1.50 bits per heavy atom. The zero-order valence-electron chi connectivity index (χ0n) is 18.6. The number of carboxylic acids is 1. The van der Waals surface area contributed by atoms with Gasteiger partial charge < -0.3 is 30.5 Å². The maximum atomic E-state index is 11.8. The summed E-state index contributed by atoms with van der Waals surface area (Å²) in [7, 11) is 1.52. The number of hydrogen-bond acceptors (Lipinski definition) is 8. The Morgan fingerprint density at radius 3 is 1.97 bits per heavy atom. The summed E-state index contributed by atoms with van der Waals surface area (Å²) in [4.78, 5) is 58.3. The topological polar surface area (TPSA) is 163 Å². The van der Waals surface area contributed by atoms with Gasteiger partial charge in [-0.1, -0.05) is 0 Å². The summed E-state index contributed by atoms with van der Waals surface area (Å²) < 4.78 is 11.1. The third kappa shape index (κ3) is 10.5. The van der Waals surface area contributed by atoms with Crippen molar-refractivity contribution in [3.8, 4) is 0 Å². The number of amides is 4. The molecule has 1 aliphatic heterocycles. The van der Waals surface area contributed by atoms with E-state index in [2.05, 4.69) is 16.0 Å². The first-order valence-electron chi connectivity index (χ1n) is 10.3. The average molecular weight is 456 g/mol. The van der Waals surface area contributed by atoms with Crippen LogP contribution in [0.25, 0.3) is 0 Å². The van der Waals surface area contributed by atoms with Gasteiger partial charge in [0, 0.05) is 44.6 Å². The van der Waals surface area contributed by atoms with Gasteiger partial charge in [-0.3, -0.25) is 28.9 Å². The summed E-state index contributed by atoms with van der Waals surface area (Å²) in [5, 5.41) is 16.8. The maximum absolute atomic E-state index is 11.8. The fraction of sp³-hybridized carbons (Fsp3) is 0.650. The van der Waals surface area contributed by atoms with Gasteiger partial charge in [-0.05, 0) is 27.3 Å². The molecule has 4 amide bonds. The molecule has 0 aromatic rings. The van der Waals surface area contributed by atoms with Crippen molar-refractivity contribution in [3.63, 3.8) is 0 Å². The Balaban J connectivity index is 2.11. The Bertz CT molecular complexity index is 704. The Morgan fingerprint density at radius 1 is 1.00 bits per heavy atom. The second-order valence-electron chi connectivity index (χ2n) is 7.43. The first-order valence-corrected chi connectivity index (χ1v) is 10.3. The number of hydrogen-bond donors (Lipinski definition) is 4. The third-order valence-corrected chi connectivity index (χ3v) is 4.52. The molecule has 0 fully saturated rings. The molecule has 0 aliphatic carbocycles. The molecule has 0 aromatic carbocycles. The van der Waals surface area contributed by atoms with E-state index in [-0.39, 0.29) is 63.9 Å². The van der Waals surface area contributed by atoms with Crippen LogP contribution in [0.2, 0.25) is 0 Å². The van der Waals surface area contributed by atoms with E-state index in [1.807, 2.05) is 0 Å². The zero-order chi connectivity index (χ0) is 24.1. The number of ether oxygens (including phenoxy) is 2. The minimum absolute atomic E-state index is 0.000279. The highest BCUT2D eigenvalue weighted by Gasteiger charge is 2.24. The van der Waals surface area contributed by atoms with Crippen LogP contribution in [-0.2, 0) is 33.4 Å². The number of nitrogens with one attached hydrogen (secondary N) is 3. The van der Waals surface area contributed by atoms with Gasteiger partial charge in [0.15, 0.2) is 5.79 Å². The molecule has 0 unspecified atom stereocenters. The van der Waals surface area contributed by atoms with E-state index in [0.717, 1.165) is 4.90 Å². The van der Waals surface area contributed by atoms with Crippen molar-refractivity contribution < 1.29 is 38.6 Å². The molecule has 0 bridgehead atoms. The highest BCUT2D eigenvalue weighted by Crippen LogP contribution is 2.10. The quantitative estimate of drug-likeness (QED) is 0.126. The normalized spacial score (nSPS) is 14.5. The Labute approximate surface area is 186 Å². The van der Waals surface area contributed by atoms with Crippen LogP contribution in [0.3, 0.4) is 0 Å². The van der Waals surface area contributed by atoms with Gasteiger partial charge in [-0.25, -0.2) is 0 Å². The van der Waals surface area contributed by atoms with Gasteiger partial charge >= 0.3 is 5.97 Å². The molecular formula is C20H32N4O8. The number of carbonyl (C=O) groups excluding carboxylic acids is 4. The lowest BCUT2D eigenvalue weighted by Crippen LogP contribution is -2.38. The summed E-state index contributed by atoms with van der Waals surface area (Å²) in [5.74, 6) is -3.40. The Hall–Kier alpha value is -2.83. The molecule has 0 spiro atoms. The summed E-state index contributed by atoms with van der Waals surface area (Å²) in [6.07, 6.45) is 2.59. The van der Waals surface area contributed by atoms with E-state index in [1.54, 1.807) is 13.8 Å². The van der Waals surface area contributed by atoms with E-state index in [1.165, 1.54) is 19.2 Å². The molecule has 0 aromatic heterocycles. The minimum Gasteiger partial charge on any atom is -0.480 e. The molecular weight excluding hydrogens is 424 g/mol. The van der Waals surface area contributed by atoms with Crippen LogP contribution in [0.4, 0.5) is 0 Å². The van der Waals surface area contributed by atoms with Crippen LogP contribution in [-0.4, -0.2) is 91.3 Å². The average Bonchev–Trinajstić information content (AvgIpc) is 3.04. The second-order valence-corrected chi connectivity index (χ2v) is 7.43. The number of carbonyl (C=O) groups is 5. The van der Waals surface area contributed by atoms with E-state index in [4.69, 9.17) is 14.6 Å². The van der Waals surface area contributed by atoms with Crippen LogP contribution in [0.1, 0.15) is 33.1 Å². The predicted molar refractivity (Wildman–Crippen MR) is 112 cm³/mol. The highest BCUT2D eigenvalue weighted by molar-refractivity contribution is 6.13. The zero-order valence-corrected chi connectivity index (χ0v) is 18.6. The van der Waals surface area contributed by atoms with E-state index < -0.39 is 29.6 Å². The van der Waals surface area contributed by atoms with Crippen molar-refractivity contribution in [2.24, 2.45) is 0 Å². The van der Waals surface area contributed by atoms with Gasteiger partial charge in [0.25, 0.3) is 11.8 Å². The fourth-order valence-electron chi connectivity index (χ4n) is 2.72. The molecule has 1 atom stereocenters. The molecule has 0 radical (unpaired) electrons. The number of rotatable bonds is 16. The molecule has 12 nitrogen and oxygen atoms in total. The van der Waals surface area contributed by atoms with Crippen LogP contribution in [0, 0.1) is 0 Å². The smallest absolute Gasteiger partial charge is 0.320 e. The number of aliphatic carboxylic acids is 1. The second kappa shape index (κ2) is 13.6. The van der Waals surface area contributed by atoms with Crippen LogP contribution in [0.15, 0.2) is 12.2 Å². The van der Waals surface area contributed by atoms with Crippen LogP contribution < -0.4 is 16.0 Å². The molecule has 1 rings (SSSR count). The SMILES string of the molecule is CN[C@@H](CCC(=O)NCCOC(C)(C)OCCNC(=O)CCN1C(=O)C=CC1=O)C(=O)O. The molecule has 0 saturated heterocycles. The molecule has 12 heteroatoms. The van der Waals surface area contributed by atoms with Crippen LogP contribution >= 0.6 is 0 Å². The number of likely N-dealkylation sites (N-methyl/N-ethyl adjacent to an activating group) is 1. The molecule has 1 heterocycles. The maximum Gasteiger partial charge on any atom is 0.320 e. The molecule has 32 heavy (non-hydrogen) atoms. The molecule has 1 aliphatic rings. The van der Waals surface area contributed by atoms with Gasteiger partial charge in [0.05, 0.1) is 13.2 Å². The van der Waals surface area contributed by atoms with E-state index in [9.17, 15) is 24.0 Å². The lowest BCUT2D eigenvalue weighted by Gasteiger charge is -2.26. The van der Waals surface area contributed by atoms with E-state index >= 15 is 0 Å². The van der Waals surface area contributed by atoms with Crippen molar-refractivity contribution in [1.29, 1.82) is 0 Å². The van der Waals surface area contributed by atoms with Crippen molar-refractivity contribution >= 4 is 29.6 Å². The van der Waals surface area contributed by atoms with Gasteiger partial charge in [-0.2, -0.15) is 0 Å². The first-order chi connectivity index (χ1) is 15.1. The molecule has 180 valence electrons. The highest BCUT2D eigenvalue weighted by atomic mass is 16.7. The van der Waals surface area contributed by atoms with Gasteiger partial charge in [0.2, 0.25) is 11.8 Å². The summed E-state index contributed by atoms with van der Waals surface area (Å²) >= 11 is 0. The van der Waals surface area contributed by atoms with Crippen LogP contribution in [0.5, 0.6) is 0 Å². The van der Waals surface area contributed by atoms with Crippen molar-refractivity contribution in [2.45, 2.75) is 44.9 Å². The molecule has 4 N–H and O–H groups in total. The summed E-state index contributed by atoms with van der Waals surface area (Å²) in [5.41, 5.74) is 0. The lowest BCUT2D eigenvalue weighted by atomic mass is 10.1. The largest absolute Gasteiger partial charge is 0.480 e. The number of carboxylic acid groups (broad SMARTS) is 1. The first kappa shape index (κ1) is 27.2. The van der Waals surface area contributed by atoms with Gasteiger partial charge in [-0.15, -0.1) is 0 Å². The molecule has 0 saturated carbocycles. The van der Waals surface area contributed by atoms with E-state index in [0.29, 0.717) is 0 Å². The van der Waals surface area contributed by atoms with Crippen molar-refractivity contribution in [3.05, 3.63) is 12.2 Å². The van der Waals surface area contributed by atoms with Crippen molar-refractivity contribution in [1.82, 2.24) is 20.9 Å². The summed E-state index contributed by atoms with van der Waals surface area (Å²) in [6.45, 7) is 4.22. The minimum atomic E-state index is -1.01. The standard InChI is InChI=1S/C20H32N4O8/c1-20(2,31-12-9-22-15(25)5-4-14(21-3)19(29)30)32-13-10-23-16(26)8-11-24-17(27)6-7-18(24)28/h6-7,14,21H,4-5,8-13H2,1-3H3,(H,22,25)(H,23,26)(H,29,30)/t14-/m0/s1. The lowest BCUT2D eigenvalue weighted by molar-refractivity contribution is -0.211. The third-order valence-electron chi connectivity index (χ3n) is 4.52. The summed E-state index contributed by atoms with van der Waals surface area (Å²) in [6, 6.07) is -0.771. The number of nitrogens with zero attached hydrogens (tertiary/aromatic N) is 1.